The van der Waals surface area contributed by atoms with Gasteiger partial charge in [-0.3, -0.25) is 9.78 Å². The van der Waals surface area contributed by atoms with Gasteiger partial charge in [-0.15, -0.1) is 0 Å². The van der Waals surface area contributed by atoms with E-state index in [4.69, 9.17) is 0 Å². The van der Waals surface area contributed by atoms with Crippen molar-refractivity contribution in [2.24, 2.45) is 0 Å². The Morgan fingerprint density at radius 2 is 2.06 bits per heavy atom. The lowest BCUT2D eigenvalue weighted by atomic mass is 10.1. The molecule has 1 aromatic carbocycles. The molecular weight excluding hydrogens is 230 g/mol. The second kappa shape index (κ2) is 5.37. The standard InChI is InChI=1S/C13H13N3O2/c1-9(18)16-13-7-14-12(6-15-13)11-5-3-2-4-10(11)8-17/h2-7,17H,8H2,1H3,(H,15,16,18). The van der Waals surface area contributed by atoms with E-state index in [1.54, 1.807) is 6.20 Å². The third kappa shape index (κ3) is 2.70. The van der Waals surface area contributed by atoms with Gasteiger partial charge in [0.1, 0.15) is 0 Å². The third-order valence-electron chi connectivity index (χ3n) is 2.42. The zero-order valence-corrected chi connectivity index (χ0v) is 9.92. The molecule has 1 aromatic heterocycles. The fraction of sp³-hybridized carbons (Fsp3) is 0.154. The van der Waals surface area contributed by atoms with Crippen molar-refractivity contribution in [3.8, 4) is 11.3 Å². The van der Waals surface area contributed by atoms with Crippen molar-refractivity contribution >= 4 is 11.7 Å². The summed E-state index contributed by atoms with van der Waals surface area (Å²) in [5, 5.41) is 11.8. The molecule has 92 valence electrons. The van der Waals surface area contributed by atoms with Gasteiger partial charge in [0.15, 0.2) is 5.82 Å². The third-order valence-corrected chi connectivity index (χ3v) is 2.42. The largest absolute Gasteiger partial charge is 0.392 e. The molecule has 0 saturated carbocycles. The molecule has 5 nitrogen and oxygen atoms in total. The molecule has 18 heavy (non-hydrogen) atoms. The number of nitrogens with one attached hydrogen (secondary N) is 1. The summed E-state index contributed by atoms with van der Waals surface area (Å²) >= 11 is 0. The minimum atomic E-state index is -0.187. The van der Waals surface area contributed by atoms with Crippen molar-refractivity contribution in [3.63, 3.8) is 0 Å². The highest BCUT2D eigenvalue weighted by Gasteiger charge is 2.06. The number of benzene rings is 1. The molecule has 0 unspecified atom stereocenters. The molecule has 0 aliphatic carbocycles. The highest BCUT2D eigenvalue weighted by Crippen LogP contribution is 2.21. The van der Waals surface area contributed by atoms with Crippen LogP contribution < -0.4 is 5.32 Å². The van der Waals surface area contributed by atoms with E-state index in [0.717, 1.165) is 11.1 Å². The second-order valence-corrected chi connectivity index (χ2v) is 3.78. The average Bonchev–Trinajstić information content (AvgIpc) is 2.39. The summed E-state index contributed by atoms with van der Waals surface area (Å²) in [6.45, 7) is 1.36. The van der Waals surface area contributed by atoms with Crippen LogP contribution in [0, 0.1) is 0 Å². The van der Waals surface area contributed by atoms with Crippen molar-refractivity contribution in [1.29, 1.82) is 0 Å². The minimum Gasteiger partial charge on any atom is -0.392 e. The Kier molecular flexibility index (Phi) is 3.64. The molecule has 0 fully saturated rings. The number of aliphatic hydroxyl groups excluding tert-OH is 1. The molecule has 0 atom stereocenters. The average molecular weight is 243 g/mol. The minimum absolute atomic E-state index is 0.0503. The van der Waals surface area contributed by atoms with E-state index in [9.17, 15) is 9.90 Å². The highest BCUT2D eigenvalue weighted by molar-refractivity contribution is 5.87. The van der Waals surface area contributed by atoms with E-state index in [1.165, 1.54) is 13.1 Å². The van der Waals surface area contributed by atoms with Crippen LogP contribution in [0.1, 0.15) is 12.5 Å². The monoisotopic (exact) mass is 243 g/mol. The van der Waals surface area contributed by atoms with E-state index in [2.05, 4.69) is 15.3 Å². The predicted molar refractivity (Wildman–Crippen MR) is 67.7 cm³/mol. The first kappa shape index (κ1) is 12.2. The first-order chi connectivity index (χ1) is 8.70. The Hall–Kier alpha value is -2.27. The highest BCUT2D eigenvalue weighted by atomic mass is 16.3. The summed E-state index contributed by atoms with van der Waals surface area (Å²) in [7, 11) is 0. The van der Waals surface area contributed by atoms with Crippen molar-refractivity contribution < 1.29 is 9.90 Å². The first-order valence-corrected chi connectivity index (χ1v) is 5.49. The van der Waals surface area contributed by atoms with Crippen LogP contribution >= 0.6 is 0 Å². The number of rotatable bonds is 3. The Bertz CT molecular complexity index is 552. The quantitative estimate of drug-likeness (QED) is 0.858. The second-order valence-electron chi connectivity index (χ2n) is 3.78. The molecule has 1 amide bonds. The van der Waals surface area contributed by atoms with Crippen LogP contribution in [-0.4, -0.2) is 21.0 Å². The zero-order chi connectivity index (χ0) is 13.0. The summed E-state index contributed by atoms with van der Waals surface area (Å²) < 4.78 is 0. The van der Waals surface area contributed by atoms with Crippen LogP contribution in [0.5, 0.6) is 0 Å². The lowest BCUT2D eigenvalue weighted by molar-refractivity contribution is -0.114. The predicted octanol–water partition coefficient (Wildman–Crippen LogP) is 1.59. The number of carbonyl (C=O) groups excluding carboxylic acids is 1. The van der Waals surface area contributed by atoms with Gasteiger partial charge in [0.2, 0.25) is 5.91 Å². The Morgan fingerprint density at radius 3 is 2.67 bits per heavy atom. The summed E-state index contributed by atoms with van der Waals surface area (Å²) in [4.78, 5) is 19.2. The molecule has 0 aliphatic rings. The summed E-state index contributed by atoms with van der Waals surface area (Å²) in [5.74, 6) is 0.223. The zero-order valence-electron chi connectivity index (χ0n) is 9.92. The van der Waals surface area contributed by atoms with E-state index in [0.29, 0.717) is 11.5 Å². The number of nitrogens with zero attached hydrogens (tertiary/aromatic N) is 2. The molecule has 0 saturated heterocycles. The molecule has 0 radical (unpaired) electrons. The molecule has 5 heteroatoms. The van der Waals surface area contributed by atoms with Crippen LogP contribution in [0.15, 0.2) is 36.7 Å². The molecule has 2 N–H and O–H groups in total. The number of hydrogen-bond acceptors (Lipinski definition) is 4. The molecular formula is C13H13N3O2. The topological polar surface area (TPSA) is 75.1 Å². The number of carbonyl (C=O) groups is 1. The summed E-state index contributed by atoms with van der Waals surface area (Å²) in [6, 6.07) is 7.43. The van der Waals surface area contributed by atoms with Crippen molar-refractivity contribution in [2.45, 2.75) is 13.5 Å². The SMILES string of the molecule is CC(=O)Nc1cnc(-c2ccccc2CO)cn1. The van der Waals surface area contributed by atoms with E-state index >= 15 is 0 Å². The van der Waals surface area contributed by atoms with E-state index in [-0.39, 0.29) is 12.5 Å². The molecule has 0 spiro atoms. The normalized spacial score (nSPS) is 10.1. The lowest BCUT2D eigenvalue weighted by Gasteiger charge is -2.07. The maximum Gasteiger partial charge on any atom is 0.222 e. The van der Waals surface area contributed by atoms with Crippen molar-refractivity contribution in [2.75, 3.05) is 5.32 Å². The van der Waals surface area contributed by atoms with Crippen LogP contribution in [0.25, 0.3) is 11.3 Å². The van der Waals surface area contributed by atoms with Crippen molar-refractivity contribution in [3.05, 3.63) is 42.2 Å². The van der Waals surface area contributed by atoms with Gasteiger partial charge in [0.25, 0.3) is 0 Å². The number of amides is 1. The van der Waals surface area contributed by atoms with E-state index < -0.39 is 0 Å². The van der Waals surface area contributed by atoms with Crippen LogP contribution in [0.4, 0.5) is 5.82 Å². The van der Waals surface area contributed by atoms with Gasteiger partial charge in [-0.1, -0.05) is 24.3 Å². The van der Waals surface area contributed by atoms with Gasteiger partial charge in [-0.25, -0.2) is 4.98 Å². The molecule has 1 heterocycles. The molecule has 2 rings (SSSR count). The van der Waals surface area contributed by atoms with Gasteiger partial charge in [-0.2, -0.15) is 0 Å². The molecule has 0 aliphatic heterocycles. The first-order valence-electron chi connectivity index (χ1n) is 5.49. The van der Waals surface area contributed by atoms with Crippen LogP contribution in [-0.2, 0) is 11.4 Å². The fourth-order valence-electron chi connectivity index (χ4n) is 1.62. The maximum atomic E-state index is 10.9. The smallest absolute Gasteiger partial charge is 0.222 e. The Labute approximate surface area is 105 Å². The van der Waals surface area contributed by atoms with Crippen molar-refractivity contribution in [1.82, 2.24) is 9.97 Å². The number of anilines is 1. The summed E-state index contributed by atoms with van der Waals surface area (Å²) in [5.41, 5.74) is 2.29. The Balaban J connectivity index is 2.31. The van der Waals surface area contributed by atoms with Gasteiger partial charge in [0, 0.05) is 12.5 Å². The molecule has 0 bridgehead atoms. The number of aromatic nitrogens is 2. The fourth-order valence-corrected chi connectivity index (χ4v) is 1.62. The van der Waals surface area contributed by atoms with Crippen LogP contribution in [0.3, 0.4) is 0 Å². The van der Waals surface area contributed by atoms with Gasteiger partial charge in [0.05, 0.1) is 24.7 Å². The van der Waals surface area contributed by atoms with Gasteiger partial charge in [-0.05, 0) is 5.56 Å². The molecule has 2 aromatic rings. The maximum absolute atomic E-state index is 10.9. The van der Waals surface area contributed by atoms with Gasteiger partial charge < -0.3 is 10.4 Å². The van der Waals surface area contributed by atoms with E-state index in [1.807, 2.05) is 24.3 Å². The lowest BCUT2D eigenvalue weighted by Crippen LogP contribution is -2.07. The van der Waals surface area contributed by atoms with Gasteiger partial charge >= 0.3 is 0 Å². The summed E-state index contributed by atoms with van der Waals surface area (Å²) in [6.07, 6.45) is 3.06. The number of hydrogen-bond donors (Lipinski definition) is 2. The number of aliphatic hydroxyl groups is 1. The van der Waals surface area contributed by atoms with Crippen LogP contribution in [0.2, 0.25) is 0 Å². The Morgan fingerprint density at radius 1 is 1.28 bits per heavy atom.